The van der Waals surface area contributed by atoms with Crippen LogP contribution in [0.15, 0.2) is 23.1 Å². The second kappa shape index (κ2) is 5.09. The van der Waals surface area contributed by atoms with Crippen LogP contribution in [0, 0.1) is 5.82 Å². The van der Waals surface area contributed by atoms with Gasteiger partial charge in [-0.2, -0.15) is 0 Å². The number of halogens is 2. The molecule has 0 saturated carbocycles. The lowest BCUT2D eigenvalue weighted by molar-refractivity contribution is 0.112. The maximum absolute atomic E-state index is 13.3. The summed E-state index contributed by atoms with van der Waals surface area (Å²) in [5.74, 6) is -1.75. The fourth-order valence-corrected chi connectivity index (χ4v) is 3.19. The van der Waals surface area contributed by atoms with E-state index in [4.69, 9.17) is 21.8 Å². The molecule has 0 fully saturated rings. The van der Waals surface area contributed by atoms with Crippen molar-refractivity contribution in [3.8, 4) is 0 Å². The molecule has 0 aliphatic carbocycles. The molecule has 90 valence electrons. The number of aliphatic hydroxyl groups excluding tert-OH is 2. The van der Waals surface area contributed by atoms with E-state index >= 15 is 0 Å². The average molecular weight is 269 g/mol. The molecule has 0 amide bonds. The highest BCUT2D eigenvalue weighted by molar-refractivity contribution is 7.91. The van der Waals surface area contributed by atoms with Crippen molar-refractivity contribution in [2.45, 2.75) is 11.0 Å². The lowest BCUT2D eigenvalue weighted by Crippen LogP contribution is -2.25. The zero-order valence-electron chi connectivity index (χ0n) is 8.10. The molecule has 0 saturated heterocycles. The van der Waals surface area contributed by atoms with Gasteiger partial charge in [0.1, 0.15) is 10.7 Å². The Bertz CT molecular complexity index is 454. The SMILES string of the molecule is O=S(=O)(CC(O)CO)c1c(F)cccc1Cl. The Kier molecular flexibility index (Phi) is 4.26. The predicted octanol–water partition coefficient (Wildman–Crippen LogP) is 0.606. The van der Waals surface area contributed by atoms with Crippen LogP contribution in [0.2, 0.25) is 5.02 Å². The molecule has 16 heavy (non-hydrogen) atoms. The van der Waals surface area contributed by atoms with Gasteiger partial charge in [0, 0.05) is 0 Å². The highest BCUT2D eigenvalue weighted by Crippen LogP contribution is 2.25. The van der Waals surface area contributed by atoms with Crippen LogP contribution in [-0.2, 0) is 9.84 Å². The minimum absolute atomic E-state index is 0.245. The molecule has 1 unspecified atom stereocenters. The molecule has 1 rings (SSSR count). The van der Waals surface area contributed by atoms with Crippen LogP contribution < -0.4 is 0 Å². The van der Waals surface area contributed by atoms with Gasteiger partial charge in [0.15, 0.2) is 9.84 Å². The van der Waals surface area contributed by atoms with Gasteiger partial charge in [-0.05, 0) is 12.1 Å². The zero-order valence-corrected chi connectivity index (χ0v) is 9.67. The third-order valence-corrected chi connectivity index (χ3v) is 4.14. The number of rotatable bonds is 4. The van der Waals surface area contributed by atoms with Crippen molar-refractivity contribution in [3.63, 3.8) is 0 Å². The van der Waals surface area contributed by atoms with Crippen LogP contribution in [0.5, 0.6) is 0 Å². The molecule has 0 heterocycles. The van der Waals surface area contributed by atoms with E-state index in [1.807, 2.05) is 0 Å². The molecule has 7 heteroatoms. The van der Waals surface area contributed by atoms with E-state index in [1.54, 1.807) is 0 Å². The highest BCUT2D eigenvalue weighted by Gasteiger charge is 2.25. The average Bonchev–Trinajstić information content (AvgIpc) is 2.16. The van der Waals surface area contributed by atoms with Gasteiger partial charge in [-0.1, -0.05) is 17.7 Å². The highest BCUT2D eigenvalue weighted by atomic mass is 35.5. The third-order valence-electron chi connectivity index (χ3n) is 1.85. The summed E-state index contributed by atoms with van der Waals surface area (Å²) in [4.78, 5) is -0.649. The van der Waals surface area contributed by atoms with E-state index in [1.165, 1.54) is 12.1 Å². The van der Waals surface area contributed by atoms with E-state index in [-0.39, 0.29) is 5.02 Å². The molecule has 0 aromatic heterocycles. The van der Waals surface area contributed by atoms with Gasteiger partial charge in [0.25, 0.3) is 0 Å². The molecule has 0 bridgehead atoms. The van der Waals surface area contributed by atoms with Crippen molar-refractivity contribution in [3.05, 3.63) is 29.0 Å². The molecule has 4 nitrogen and oxygen atoms in total. The maximum Gasteiger partial charge on any atom is 0.185 e. The molecular formula is C9H10ClFO4S. The summed E-state index contributed by atoms with van der Waals surface area (Å²) < 4.78 is 36.6. The summed E-state index contributed by atoms with van der Waals surface area (Å²) in [7, 11) is -4.05. The molecule has 0 spiro atoms. The summed E-state index contributed by atoms with van der Waals surface area (Å²) in [6.07, 6.45) is -1.46. The Hall–Kier alpha value is -0.690. The van der Waals surface area contributed by atoms with Crippen LogP contribution in [0.4, 0.5) is 4.39 Å². The van der Waals surface area contributed by atoms with Gasteiger partial charge in [0.05, 0.1) is 23.5 Å². The van der Waals surface area contributed by atoms with Crippen LogP contribution in [0.1, 0.15) is 0 Å². The van der Waals surface area contributed by atoms with Gasteiger partial charge in [-0.3, -0.25) is 0 Å². The van der Waals surface area contributed by atoms with E-state index in [0.717, 1.165) is 6.07 Å². The first-order valence-corrected chi connectivity index (χ1v) is 6.37. The van der Waals surface area contributed by atoms with Gasteiger partial charge in [-0.25, -0.2) is 12.8 Å². The smallest absolute Gasteiger partial charge is 0.185 e. The molecule has 0 aliphatic heterocycles. The summed E-state index contributed by atoms with van der Waals surface area (Å²) in [6.45, 7) is -0.717. The lowest BCUT2D eigenvalue weighted by atomic mass is 10.3. The number of sulfone groups is 1. The first-order valence-electron chi connectivity index (χ1n) is 4.34. The largest absolute Gasteiger partial charge is 0.394 e. The van der Waals surface area contributed by atoms with Crippen LogP contribution in [0.25, 0.3) is 0 Å². The topological polar surface area (TPSA) is 74.6 Å². The van der Waals surface area contributed by atoms with Gasteiger partial charge in [0.2, 0.25) is 0 Å². The van der Waals surface area contributed by atoms with Crippen molar-refractivity contribution >= 4 is 21.4 Å². The summed E-state index contributed by atoms with van der Waals surface area (Å²) in [5, 5.41) is 17.3. The molecule has 0 radical (unpaired) electrons. The van der Waals surface area contributed by atoms with E-state index < -0.39 is 39.0 Å². The van der Waals surface area contributed by atoms with Crippen molar-refractivity contribution in [1.82, 2.24) is 0 Å². The van der Waals surface area contributed by atoms with E-state index in [0.29, 0.717) is 0 Å². The maximum atomic E-state index is 13.3. The molecule has 1 atom stereocenters. The van der Waals surface area contributed by atoms with Crippen molar-refractivity contribution in [1.29, 1.82) is 0 Å². The predicted molar refractivity (Wildman–Crippen MR) is 56.6 cm³/mol. The minimum atomic E-state index is -4.05. The van der Waals surface area contributed by atoms with Gasteiger partial charge < -0.3 is 10.2 Å². The second-order valence-corrected chi connectivity index (χ2v) is 5.55. The van der Waals surface area contributed by atoms with Crippen molar-refractivity contribution in [2.75, 3.05) is 12.4 Å². The van der Waals surface area contributed by atoms with Crippen LogP contribution >= 0.6 is 11.6 Å². The minimum Gasteiger partial charge on any atom is -0.394 e. The van der Waals surface area contributed by atoms with Crippen LogP contribution in [-0.4, -0.2) is 37.1 Å². The monoisotopic (exact) mass is 268 g/mol. The second-order valence-electron chi connectivity index (χ2n) is 3.17. The Labute approximate surface area is 97.2 Å². The molecule has 1 aromatic carbocycles. The summed E-state index contributed by atoms with van der Waals surface area (Å²) >= 11 is 5.58. The van der Waals surface area contributed by atoms with Crippen LogP contribution in [0.3, 0.4) is 0 Å². The lowest BCUT2D eigenvalue weighted by Gasteiger charge is -2.10. The Morgan fingerprint density at radius 3 is 2.56 bits per heavy atom. The number of benzene rings is 1. The first-order chi connectivity index (χ1) is 7.38. The van der Waals surface area contributed by atoms with Gasteiger partial charge >= 0.3 is 0 Å². The summed E-state index contributed by atoms with van der Waals surface area (Å²) in [6, 6.07) is 3.48. The zero-order chi connectivity index (χ0) is 12.3. The standard InChI is InChI=1S/C9H10ClFO4S/c10-7-2-1-3-8(11)9(7)16(14,15)5-6(13)4-12/h1-3,6,12-13H,4-5H2. The van der Waals surface area contributed by atoms with Crippen molar-refractivity contribution < 1.29 is 23.0 Å². The number of aliphatic hydroxyl groups is 2. The van der Waals surface area contributed by atoms with Crippen molar-refractivity contribution in [2.24, 2.45) is 0 Å². The molecule has 1 aromatic rings. The molecular weight excluding hydrogens is 259 g/mol. The fraction of sp³-hybridized carbons (Fsp3) is 0.333. The van der Waals surface area contributed by atoms with E-state index in [2.05, 4.69) is 0 Å². The molecule has 2 N–H and O–H groups in total. The fourth-order valence-electron chi connectivity index (χ4n) is 1.17. The van der Waals surface area contributed by atoms with E-state index in [9.17, 15) is 12.8 Å². The quantitative estimate of drug-likeness (QED) is 0.839. The van der Waals surface area contributed by atoms with Gasteiger partial charge in [-0.15, -0.1) is 0 Å². The number of hydrogen-bond acceptors (Lipinski definition) is 4. The molecule has 0 aliphatic rings. The third kappa shape index (κ3) is 2.91. The summed E-state index contributed by atoms with van der Waals surface area (Å²) in [5.41, 5.74) is 0. The normalized spacial score (nSPS) is 13.8. The Morgan fingerprint density at radius 1 is 1.44 bits per heavy atom. The number of hydrogen-bond donors (Lipinski definition) is 2. The Morgan fingerprint density at radius 2 is 2.06 bits per heavy atom. The Balaban J connectivity index is 3.17. The first kappa shape index (κ1) is 13.4.